The molecule has 0 aliphatic carbocycles. The molecule has 0 aliphatic rings. The van der Waals surface area contributed by atoms with E-state index in [2.05, 4.69) is 15.2 Å². The number of aromatic amines is 1. The highest BCUT2D eigenvalue weighted by atomic mass is 19.1. The highest BCUT2D eigenvalue weighted by Gasteiger charge is 2.10. The first kappa shape index (κ1) is 16.3. The van der Waals surface area contributed by atoms with Gasteiger partial charge in [-0.1, -0.05) is 0 Å². The summed E-state index contributed by atoms with van der Waals surface area (Å²) in [5.74, 6) is -0.259. The topological polar surface area (TPSA) is 51.4 Å². The average molecular weight is 306 g/mol. The lowest BCUT2D eigenvalue weighted by Crippen LogP contribution is -2.38. The molecule has 2 N–H and O–H groups in total. The molecule has 2 rings (SSSR count). The minimum atomic E-state index is -0.259. The second kappa shape index (κ2) is 7.26. The first-order valence-electron chi connectivity index (χ1n) is 7.36. The molecule has 0 bridgehead atoms. The summed E-state index contributed by atoms with van der Waals surface area (Å²) in [5, 5.41) is 3.70. The van der Waals surface area contributed by atoms with Crippen LogP contribution in [-0.4, -0.2) is 55.0 Å². The van der Waals surface area contributed by atoms with Gasteiger partial charge in [0, 0.05) is 30.2 Å². The number of benzene rings is 1. The summed E-state index contributed by atoms with van der Waals surface area (Å²) in [7, 11) is 5.76. The van der Waals surface area contributed by atoms with E-state index in [-0.39, 0.29) is 11.8 Å². The van der Waals surface area contributed by atoms with E-state index in [1.165, 1.54) is 12.1 Å². The van der Waals surface area contributed by atoms with E-state index >= 15 is 0 Å². The summed E-state index contributed by atoms with van der Waals surface area (Å²) < 4.78 is 13.2. The van der Waals surface area contributed by atoms with Crippen LogP contribution in [0.5, 0.6) is 0 Å². The number of nitrogens with one attached hydrogen (secondary N) is 2. The summed E-state index contributed by atoms with van der Waals surface area (Å²) in [4.78, 5) is 18.9. The fourth-order valence-electron chi connectivity index (χ4n) is 2.30. The van der Waals surface area contributed by atoms with Gasteiger partial charge in [0.05, 0.1) is 6.54 Å². The molecule has 0 atom stereocenters. The zero-order chi connectivity index (χ0) is 16.1. The second-order valence-corrected chi connectivity index (χ2v) is 5.77. The maximum absolute atomic E-state index is 13.2. The molecule has 5 nitrogen and oxygen atoms in total. The Morgan fingerprint density at radius 3 is 2.77 bits per heavy atom. The van der Waals surface area contributed by atoms with Crippen molar-refractivity contribution in [2.24, 2.45) is 0 Å². The van der Waals surface area contributed by atoms with Gasteiger partial charge >= 0.3 is 6.03 Å². The fraction of sp³-hybridized carbons (Fsp3) is 0.438. The summed E-state index contributed by atoms with van der Waals surface area (Å²) in [6, 6.07) is 6.37. The summed E-state index contributed by atoms with van der Waals surface area (Å²) >= 11 is 0. The van der Waals surface area contributed by atoms with Crippen LogP contribution < -0.4 is 5.32 Å². The van der Waals surface area contributed by atoms with Gasteiger partial charge in [-0.3, -0.25) is 0 Å². The number of urea groups is 1. The zero-order valence-electron chi connectivity index (χ0n) is 13.3. The Labute approximate surface area is 130 Å². The maximum Gasteiger partial charge on any atom is 0.317 e. The molecule has 0 fully saturated rings. The third-order valence-electron chi connectivity index (χ3n) is 3.45. The lowest BCUT2D eigenvalue weighted by Gasteiger charge is -2.17. The Morgan fingerprint density at radius 1 is 1.27 bits per heavy atom. The van der Waals surface area contributed by atoms with E-state index < -0.39 is 0 Å². The number of hydrogen-bond acceptors (Lipinski definition) is 2. The highest BCUT2D eigenvalue weighted by Crippen LogP contribution is 2.17. The van der Waals surface area contributed by atoms with Crippen LogP contribution in [0.15, 0.2) is 24.3 Å². The van der Waals surface area contributed by atoms with Crippen LogP contribution in [0.2, 0.25) is 0 Å². The number of amides is 2. The maximum atomic E-state index is 13.2. The Bertz CT molecular complexity index is 638. The average Bonchev–Trinajstić information content (AvgIpc) is 2.84. The number of carbonyl (C=O) groups excluding carboxylic acids is 1. The molecule has 0 saturated heterocycles. The lowest BCUT2D eigenvalue weighted by molar-refractivity contribution is 0.206. The van der Waals surface area contributed by atoms with Crippen LogP contribution in [0.25, 0.3) is 10.9 Å². The number of halogens is 1. The Kier molecular flexibility index (Phi) is 5.38. The van der Waals surface area contributed by atoms with Gasteiger partial charge in [0.15, 0.2) is 0 Å². The number of fused-ring (bicyclic) bond motifs is 1. The molecule has 2 aromatic rings. The summed E-state index contributed by atoms with van der Waals surface area (Å²) in [6.45, 7) is 2.05. The minimum absolute atomic E-state index is 0.108. The van der Waals surface area contributed by atoms with Crippen LogP contribution in [0.3, 0.4) is 0 Å². The van der Waals surface area contributed by atoms with Gasteiger partial charge in [0.25, 0.3) is 0 Å². The molecule has 120 valence electrons. The zero-order valence-corrected chi connectivity index (χ0v) is 13.3. The van der Waals surface area contributed by atoms with Gasteiger partial charge in [-0.05, 0) is 51.3 Å². The van der Waals surface area contributed by atoms with E-state index in [1.807, 2.05) is 20.2 Å². The van der Waals surface area contributed by atoms with E-state index in [0.29, 0.717) is 13.1 Å². The SMILES string of the molecule is CN(C)CCCNC(=O)N(C)Cc1cc2cc(F)ccc2[nH]1. The number of nitrogens with zero attached hydrogens (tertiary/aromatic N) is 2. The van der Waals surface area contributed by atoms with Crippen molar-refractivity contribution in [2.45, 2.75) is 13.0 Å². The van der Waals surface area contributed by atoms with Crippen LogP contribution in [-0.2, 0) is 6.54 Å². The van der Waals surface area contributed by atoms with E-state index in [0.717, 1.165) is 29.6 Å². The highest BCUT2D eigenvalue weighted by molar-refractivity contribution is 5.80. The largest absolute Gasteiger partial charge is 0.357 e. The molecule has 0 saturated carbocycles. The molecular weight excluding hydrogens is 283 g/mol. The minimum Gasteiger partial charge on any atom is -0.357 e. The molecule has 6 heteroatoms. The van der Waals surface area contributed by atoms with Gasteiger partial charge in [-0.25, -0.2) is 9.18 Å². The molecule has 0 radical (unpaired) electrons. The van der Waals surface area contributed by atoms with Crippen molar-refractivity contribution in [1.29, 1.82) is 0 Å². The van der Waals surface area contributed by atoms with Crippen molar-refractivity contribution in [3.63, 3.8) is 0 Å². The number of carbonyl (C=O) groups is 1. The number of hydrogen-bond donors (Lipinski definition) is 2. The Hall–Kier alpha value is -2.08. The predicted molar refractivity (Wildman–Crippen MR) is 86.3 cm³/mol. The molecular formula is C16H23FN4O. The molecule has 1 aromatic carbocycles. The molecule has 1 aromatic heterocycles. The summed E-state index contributed by atoms with van der Waals surface area (Å²) in [5.41, 5.74) is 1.75. The van der Waals surface area contributed by atoms with E-state index in [9.17, 15) is 9.18 Å². The number of rotatable bonds is 6. The van der Waals surface area contributed by atoms with Crippen LogP contribution in [0.1, 0.15) is 12.1 Å². The van der Waals surface area contributed by atoms with Gasteiger partial charge in [-0.2, -0.15) is 0 Å². The second-order valence-electron chi connectivity index (χ2n) is 5.77. The number of H-pyrrole nitrogens is 1. The van der Waals surface area contributed by atoms with Crippen molar-refractivity contribution in [3.05, 3.63) is 35.8 Å². The molecule has 0 spiro atoms. The van der Waals surface area contributed by atoms with Gasteiger partial charge in [0.2, 0.25) is 0 Å². The number of aromatic nitrogens is 1. The van der Waals surface area contributed by atoms with E-state index in [1.54, 1.807) is 18.0 Å². The smallest absolute Gasteiger partial charge is 0.317 e. The molecule has 22 heavy (non-hydrogen) atoms. The lowest BCUT2D eigenvalue weighted by atomic mass is 10.2. The van der Waals surface area contributed by atoms with Crippen molar-refractivity contribution in [1.82, 2.24) is 20.1 Å². The quantitative estimate of drug-likeness (QED) is 0.805. The van der Waals surface area contributed by atoms with Crippen LogP contribution in [0, 0.1) is 5.82 Å². The molecule has 2 amide bonds. The van der Waals surface area contributed by atoms with Gasteiger partial charge in [-0.15, -0.1) is 0 Å². The van der Waals surface area contributed by atoms with Crippen molar-refractivity contribution < 1.29 is 9.18 Å². The van der Waals surface area contributed by atoms with Crippen LogP contribution in [0.4, 0.5) is 9.18 Å². The first-order chi connectivity index (χ1) is 10.5. The molecule has 0 aliphatic heterocycles. The Balaban J connectivity index is 1.86. The first-order valence-corrected chi connectivity index (χ1v) is 7.36. The Morgan fingerprint density at radius 2 is 2.05 bits per heavy atom. The predicted octanol–water partition coefficient (Wildman–Crippen LogP) is 2.40. The third-order valence-corrected chi connectivity index (χ3v) is 3.45. The van der Waals surface area contributed by atoms with Crippen molar-refractivity contribution in [2.75, 3.05) is 34.2 Å². The van der Waals surface area contributed by atoms with Gasteiger partial charge < -0.3 is 20.1 Å². The third kappa shape index (κ3) is 4.46. The van der Waals surface area contributed by atoms with Crippen molar-refractivity contribution >= 4 is 16.9 Å². The normalized spacial score (nSPS) is 11.1. The molecule has 1 heterocycles. The van der Waals surface area contributed by atoms with Gasteiger partial charge in [0.1, 0.15) is 5.82 Å². The fourth-order valence-corrected chi connectivity index (χ4v) is 2.30. The van der Waals surface area contributed by atoms with E-state index in [4.69, 9.17) is 0 Å². The van der Waals surface area contributed by atoms with Crippen LogP contribution >= 0.6 is 0 Å². The van der Waals surface area contributed by atoms with Crippen molar-refractivity contribution in [3.8, 4) is 0 Å². The molecule has 0 unspecified atom stereocenters. The summed E-state index contributed by atoms with van der Waals surface area (Å²) in [6.07, 6.45) is 0.915. The monoisotopic (exact) mass is 306 g/mol. The standard InChI is InChI=1S/C16H23FN4O/c1-20(2)8-4-7-18-16(22)21(3)11-14-10-12-9-13(17)5-6-15(12)19-14/h5-6,9-10,19H,4,7-8,11H2,1-3H3,(H,18,22).